The van der Waals surface area contributed by atoms with Crippen molar-refractivity contribution in [3.63, 3.8) is 0 Å². The van der Waals surface area contributed by atoms with E-state index in [-0.39, 0.29) is 20.5 Å². The molecule has 0 amide bonds. The minimum absolute atomic E-state index is 0.226. The fraction of sp³-hybridized carbons (Fsp3) is 0.136. The molecule has 0 N–H and O–H groups in total. The Hall–Kier alpha value is -2.93. The zero-order valence-corrected chi connectivity index (χ0v) is 16.9. The molecule has 1 aromatic heterocycles. The summed E-state index contributed by atoms with van der Waals surface area (Å²) in [4.78, 5) is 16.6. The molecule has 0 aliphatic rings. The third-order valence-electron chi connectivity index (χ3n) is 4.10. The van der Waals surface area contributed by atoms with Gasteiger partial charge in [-0.2, -0.15) is 0 Å². The van der Waals surface area contributed by atoms with Crippen molar-refractivity contribution in [3.05, 3.63) is 70.3 Å². The number of carbonyl (C=O) groups excluding carboxylic acids is 1. The number of aryl methyl sites for hydroxylation is 1. The number of aromatic nitrogens is 1. The monoisotopic (exact) mass is 422 g/mol. The standard InChI is InChI=1S/C22H18N2O2Se/c1-4-15-6-8-16(9-7-15)19-11-10-17(12-18(19)13-23)21-24-14(3)20(27-21)22(25)26-5-2/h4,6-12H,1,5H2,2-3H3. The number of nitriles is 1. The molecule has 134 valence electrons. The van der Waals surface area contributed by atoms with Gasteiger partial charge in [-0.05, 0) is 0 Å². The average Bonchev–Trinajstić information content (AvgIpc) is 3.09. The van der Waals surface area contributed by atoms with E-state index in [9.17, 15) is 10.1 Å². The number of carbonyl (C=O) groups is 1. The number of rotatable bonds is 5. The SMILES string of the molecule is C=Cc1ccc(-c2ccc(-c3nc(C)c(C(=O)OCC)[se]3)cc2C#N)cc1. The second kappa shape index (κ2) is 8.18. The van der Waals surface area contributed by atoms with Crippen molar-refractivity contribution in [1.82, 2.24) is 4.98 Å². The summed E-state index contributed by atoms with van der Waals surface area (Å²) in [7, 11) is 0. The zero-order valence-electron chi connectivity index (χ0n) is 15.2. The molecule has 5 heteroatoms. The molecule has 0 unspecified atom stereocenters. The van der Waals surface area contributed by atoms with Gasteiger partial charge in [0.2, 0.25) is 0 Å². The molecule has 0 spiro atoms. The Morgan fingerprint density at radius 3 is 2.59 bits per heavy atom. The summed E-state index contributed by atoms with van der Waals surface area (Å²) < 4.78 is 6.59. The van der Waals surface area contributed by atoms with Crippen molar-refractivity contribution in [3.8, 4) is 27.3 Å². The van der Waals surface area contributed by atoms with Gasteiger partial charge >= 0.3 is 164 Å². The van der Waals surface area contributed by atoms with Crippen molar-refractivity contribution in [2.75, 3.05) is 6.61 Å². The van der Waals surface area contributed by atoms with E-state index in [1.807, 2.05) is 49.4 Å². The number of esters is 1. The summed E-state index contributed by atoms with van der Waals surface area (Å²) in [6, 6.07) is 15.9. The van der Waals surface area contributed by atoms with Gasteiger partial charge in [-0.3, -0.25) is 0 Å². The normalized spacial score (nSPS) is 10.3. The van der Waals surface area contributed by atoms with Crippen LogP contribution in [0.25, 0.3) is 27.3 Å². The molecule has 3 rings (SSSR count). The van der Waals surface area contributed by atoms with E-state index in [1.54, 1.807) is 13.0 Å². The molecular weight excluding hydrogens is 403 g/mol. The molecule has 0 saturated heterocycles. The van der Waals surface area contributed by atoms with E-state index >= 15 is 0 Å². The van der Waals surface area contributed by atoms with Crippen LogP contribution in [0.15, 0.2) is 49.0 Å². The Morgan fingerprint density at radius 2 is 1.96 bits per heavy atom. The van der Waals surface area contributed by atoms with Crippen molar-refractivity contribution in [2.45, 2.75) is 13.8 Å². The zero-order chi connectivity index (χ0) is 19.4. The third kappa shape index (κ3) is 3.93. The molecule has 4 nitrogen and oxygen atoms in total. The summed E-state index contributed by atoms with van der Waals surface area (Å²) in [5.74, 6) is -0.298. The first kappa shape index (κ1) is 18.8. The molecule has 27 heavy (non-hydrogen) atoms. The predicted octanol–water partition coefficient (Wildman–Crippen LogP) is 4.47. The first-order chi connectivity index (χ1) is 13.1. The van der Waals surface area contributed by atoms with Crippen LogP contribution >= 0.6 is 0 Å². The molecule has 0 saturated carbocycles. The molecule has 1 heterocycles. The number of nitrogens with zero attached hydrogens (tertiary/aromatic N) is 2. The van der Waals surface area contributed by atoms with Gasteiger partial charge in [-0.15, -0.1) is 0 Å². The van der Waals surface area contributed by atoms with Gasteiger partial charge in [-0.25, -0.2) is 0 Å². The second-order valence-corrected chi connectivity index (χ2v) is 7.95. The van der Waals surface area contributed by atoms with Crippen molar-refractivity contribution < 1.29 is 9.53 Å². The maximum atomic E-state index is 12.0. The summed E-state index contributed by atoms with van der Waals surface area (Å²) in [5.41, 5.74) is 5.04. The molecule has 3 aromatic rings. The Balaban J connectivity index is 1.99. The van der Waals surface area contributed by atoms with E-state index in [1.165, 1.54) is 0 Å². The number of hydrogen-bond donors (Lipinski definition) is 0. The van der Waals surface area contributed by atoms with Gasteiger partial charge in [0.05, 0.1) is 0 Å². The van der Waals surface area contributed by atoms with E-state index in [0.29, 0.717) is 22.3 Å². The molecule has 0 radical (unpaired) electrons. The van der Waals surface area contributed by atoms with E-state index < -0.39 is 0 Å². The molecule has 0 atom stereocenters. The van der Waals surface area contributed by atoms with E-state index in [4.69, 9.17) is 4.74 Å². The molecule has 0 aliphatic carbocycles. The van der Waals surface area contributed by atoms with E-state index in [2.05, 4.69) is 17.6 Å². The Labute approximate surface area is 164 Å². The van der Waals surface area contributed by atoms with Gasteiger partial charge in [0.1, 0.15) is 0 Å². The molecule has 2 aromatic carbocycles. The molecule has 0 aliphatic heterocycles. The van der Waals surface area contributed by atoms with Crippen LogP contribution in [0.4, 0.5) is 0 Å². The van der Waals surface area contributed by atoms with Crippen LogP contribution in [0.3, 0.4) is 0 Å². The van der Waals surface area contributed by atoms with Gasteiger partial charge in [-0.1, -0.05) is 0 Å². The number of ether oxygens (including phenoxy) is 1. The van der Waals surface area contributed by atoms with Crippen LogP contribution in [-0.2, 0) is 4.74 Å². The second-order valence-electron chi connectivity index (χ2n) is 5.85. The fourth-order valence-electron chi connectivity index (χ4n) is 2.73. The van der Waals surface area contributed by atoms with Crippen LogP contribution in [0.2, 0.25) is 0 Å². The van der Waals surface area contributed by atoms with Gasteiger partial charge in [0, 0.05) is 0 Å². The van der Waals surface area contributed by atoms with Crippen LogP contribution < -0.4 is 0 Å². The van der Waals surface area contributed by atoms with Crippen molar-refractivity contribution >= 4 is 26.5 Å². The average molecular weight is 421 g/mol. The quantitative estimate of drug-likeness (QED) is 0.450. The number of hydrogen-bond acceptors (Lipinski definition) is 4. The van der Waals surface area contributed by atoms with Crippen LogP contribution in [0, 0.1) is 18.3 Å². The number of benzene rings is 2. The van der Waals surface area contributed by atoms with Gasteiger partial charge in [0.15, 0.2) is 0 Å². The summed E-state index contributed by atoms with van der Waals surface area (Å²) in [5, 5.41) is 9.62. The molecule has 0 bridgehead atoms. The summed E-state index contributed by atoms with van der Waals surface area (Å²) >= 11 is -0.226. The van der Waals surface area contributed by atoms with E-state index in [0.717, 1.165) is 26.8 Å². The van der Waals surface area contributed by atoms with Gasteiger partial charge < -0.3 is 0 Å². The van der Waals surface area contributed by atoms with Crippen molar-refractivity contribution in [1.29, 1.82) is 5.26 Å². The molecule has 0 fully saturated rings. The fourth-order valence-corrected chi connectivity index (χ4v) is 4.73. The Morgan fingerprint density at radius 1 is 1.26 bits per heavy atom. The maximum absolute atomic E-state index is 12.0. The van der Waals surface area contributed by atoms with Crippen molar-refractivity contribution in [2.24, 2.45) is 0 Å². The summed E-state index contributed by atoms with van der Waals surface area (Å²) in [6.45, 7) is 7.71. The van der Waals surface area contributed by atoms with Crippen LogP contribution in [0.1, 0.15) is 33.0 Å². The molecular formula is C22H18N2O2Se. The Kier molecular flexibility index (Phi) is 5.71. The first-order valence-electron chi connectivity index (χ1n) is 8.49. The minimum atomic E-state index is -0.298. The topological polar surface area (TPSA) is 63.0 Å². The van der Waals surface area contributed by atoms with Crippen LogP contribution in [0.5, 0.6) is 0 Å². The Bertz CT molecular complexity index is 1040. The van der Waals surface area contributed by atoms with Gasteiger partial charge in [0.25, 0.3) is 0 Å². The predicted molar refractivity (Wildman–Crippen MR) is 108 cm³/mol. The third-order valence-corrected chi connectivity index (χ3v) is 6.59. The van der Waals surface area contributed by atoms with Crippen LogP contribution in [-0.4, -0.2) is 32.1 Å². The first-order valence-corrected chi connectivity index (χ1v) is 10.2. The summed E-state index contributed by atoms with van der Waals surface area (Å²) in [6.07, 6.45) is 1.79.